The van der Waals surface area contributed by atoms with Gasteiger partial charge in [0.05, 0.1) is 4.90 Å². The lowest BCUT2D eigenvalue weighted by Gasteiger charge is -2.22. The molecule has 10 heteroatoms. The highest BCUT2D eigenvalue weighted by Crippen LogP contribution is 2.32. The topological polar surface area (TPSA) is 99.2 Å². The summed E-state index contributed by atoms with van der Waals surface area (Å²) in [4.78, 5) is 25.0. The molecule has 30 heavy (non-hydrogen) atoms. The van der Waals surface area contributed by atoms with Crippen LogP contribution >= 0.6 is 11.6 Å². The third-order valence-electron chi connectivity index (χ3n) is 4.94. The van der Waals surface area contributed by atoms with Gasteiger partial charge in [-0.05, 0) is 55.3 Å². The predicted molar refractivity (Wildman–Crippen MR) is 106 cm³/mol. The summed E-state index contributed by atoms with van der Waals surface area (Å²) in [5.41, 5.74) is 0.309. The summed E-state index contributed by atoms with van der Waals surface area (Å²) in [7, 11) is -3.89. The van der Waals surface area contributed by atoms with E-state index in [1.807, 2.05) is 0 Å². The van der Waals surface area contributed by atoms with E-state index >= 15 is 0 Å². The number of hydrogen-bond donors (Lipinski definition) is 0. The zero-order chi connectivity index (χ0) is 21.3. The highest BCUT2D eigenvalue weighted by Gasteiger charge is 2.40. The summed E-state index contributed by atoms with van der Waals surface area (Å²) in [5.74, 6) is -0.188. The molecular weight excluding hydrogens is 434 g/mol. The number of Topliss-reactive ketones (excluding diaryl/α,β-unsaturated/α-hetero) is 1. The number of carbonyl (C=O) groups excluding carboxylic acids is 2. The quantitative estimate of drug-likeness (QED) is 0.491. The Morgan fingerprint density at radius 2 is 1.83 bits per heavy atom. The number of carbonyl (C=O) groups is 2. The Hall–Kier alpha value is -2.62. The number of esters is 1. The summed E-state index contributed by atoms with van der Waals surface area (Å²) in [6.45, 7) is -0.216. The maximum absolute atomic E-state index is 12.9. The molecule has 1 fully saturated rings. The van der Waals surface area contributed by atoms with E-state index in [1.165, 1.54) is 30.3 Å². The van der Waals surface area contributed by atoms with Gasteiger partial charge < -0.3 is 14.2 Å². The number of sulfonamides is 1. The summed E-state index contributed by atoms with van der Waals surface area (Å²) in [6, 6.07) is 9.43. The lowest BCUT2D eigenvalue weighted by Crippen LogP contribution is -2.41. The van der Waals surface area contributed by atoms with Gasteiger partial charge in [0.25, 0.3) is 0 Å². The molecule has 0 amide bonds. The molecule has 2 heterocycles. The van der Waals surface area contributed by atoms with Crippen LogP contribution in [0.5, 0.6) is 11.5 Å². The Bertz CT molecular complexity index is 1080. The van der Waals surface area contributed by atoms with Crippen molar-refractivity contribution in [3.63, 3.8) is 0 Å². The summed E-state index contributed by atoms with van der Waals surface area (Å²) in [5, 5.41) is 0.411. The minimum absolute atomic E-state index is 0.0445. The molecule has 0 bridgehead atoms. The van der Waals surface area contributed by atoms with Gasteiger partial charge in [-0.25, -0.2) is 8.42 Å². The lowest BCUT2D eigenvalue weighted by atomic mass is 10.1. The Kier molecular flexibility index (Phi) is 5.68. The Balaban J connectivity index is 1.42. The van der Waals surface area contributed by atoms with Gasteiger partial charge in [0.15, 0.2) is 23.9 Å². The van der Waals surface area contributed by atoms with Crippen LogP contribution in [0.2, 0.25) is 5.02 Å². The van der Waals surface area contributed by atoms with Crippen LogP contribution in [0.1, 0.15) is 23.2 Å². The van der Waals surface area contributed by atoms with Crippen molar-refractivity contribution in [2.45, 2.75) is 23.8 Å². The summed E-state index contributed by atoms with van der Waals surface area (Å²) in [6.07, 6.45) is 0.840. The molecule has 0 saturated carbocycles. The number of halogens is 1. The molecule has 0 aliphatic carbocycles. The molecule has 0 radical (unpaired) electrons. The molecule has 1 unspecified atom stereocenters. The van der Waals surface area contributed by atoms with E-state index in [1.54, 1.807) is 12.1 Å². The molecule has 2 aliphatic heterocycles. The van der Waals surface area contributed by atoms with Gasteiger partial charge in [0.1, 0.15) is 6.04 Å². The van der Waals surface area contributed by atoms with Gasteiger partial charge in [-0.1, -0.05) is 11.6 Å². The first-order valence-electron chi connectivity index (χ1n) is 9.23. The first-order chi connectivity index (χ1) is 14.4. The number of rotatable bonds is 6. The van der Waals surface area contributed by atoms with Crippen LogP contribution in [0.3, 0.4) is 0 Å². The highest BCUT2D eigenvalue weighted by atomic mass is 35.5. The molecule has 158 valence electrons. The predicted octanol–water partition coefficient (Wildman–Crippen LogP) is 2.65. The van der Waals surface area contributed by atoms with E-state index in [0.29, 0.717) is 34.9 Å². The zero-order valence-electron chi connectivity index (χ0n) is 15.7. The monoisotopic (exact) mass is 451 g/mol. The minimum atomic E-state index is -3.89. The number of hydrogen-bond acceptors (Lipinski definition) is 7. The number of ether oxygens (including phenoxy) is 3. The third kappa shape index (κ3) is 4.00. The number of fused-ring (bicyclic) bond motifs is 1. The second-order valence-corrected chi connectivity index (χ2v) is 9.15. The van der Waals surface area contributed by atoms with Crippen LogP contribution in [0.15, 0.2) is 47.4 Å². The summed E-state index contributed by atoms with van der Waals surface area (Å²) < 4.78 is 42.5. The number of ketones is 1. The van der Waals surface area contributed by atoms with Crippen molar-refractivity contribution in [2.75, 3.05) is 19.9 Å². The second kappa shape index (κ2) is 8.25. The Morgan fingerprint density at radius 1 is 1.10 bits per heavy atom. The van der Waals surface area contributed by atoms with Gasteiger partial charge in [0.2, 0.25) is 16.8 Å². The standard InChI is InChI=1S/C20H18ClNO7S/c21-14-4-6-15(7-5-14)30(25,26)22-9-1-2-16(22)20(24)27-11-17(23)13-3-8-18-19(10-13)29-12-28-18/h3-8,10,16H,1-2,9,11-12H2. The van der Waals surface area contributed by atoms with Crippen LogP contribution in [0.4, 0.5) is 0 Å². The molecule has 1 atom stereocenters. The fourth-order valence-corrected chi connectivity index (χ4v) is 5.16. The Labute approximate surface area is 178 Å². The first kappa shape index (κ1) is 20.6. The van der Waals surface area contributed by atoms with Crippen molar-refractivity contribution < 1.29 is 32.2 Å². The van der Waals surface area contributed by atoms with Gasteiger partial charge in [0, 0.05) is 17.1 Å². The average Bonchev–Trinajstić information content (AvgIpc) is 3.41. The molecule has 2 aromatic carbocycles. The molecule has 2 aromatic rings. The van der Waals surface area contributed by atoms with E-state index in [-0.39, 0.29) is 18.2 Å². The van der Waals surface area contributed by atoms with Crippen LogP contribution in [-0.2, 0) is 19.6 Å². The maximum atomic E-state index is 12.9. The Morgan fingerprint density at radius 3 is 2.60 bits per heavy atom. The molecule has 1 saturated heterocycles. The van der Waals surface area contributed by atoms with E-state index in [2.05, 4.69) is 0 Å². The van der Waals surface area contributed by atoms with E-state index < -0.39 is 34.4 Å². The fourth-order valence-electron chi connectivity index (χ4n) is 3.39. The SMILES string of the molecule is O=C(COC(=O)C1CCCN1S(=O)(=O)c1ccc(Cl)cc1)c1ccc2c(c1)OCO2. The number of nitrogens with zero attached hydrogens (tertiary/aromatic N) is 1. The molecule has 4 rings (SSSR count). The zero-order valence-corrected chi connectivity index (χ0v) is 17.3. The van der Waals surface area contributed by atoms with E-state index in [4.69, 9.17) is 25.8 Å². The smallest absolute Gasteiger partial charge is 0.324 e. The van der Waals surface area contributed by atoms with Gasteiger partial charge in [-0.2, -0.15) is 4.31 Å². The van der Waals surface area contributed by atoms with Crippen molar-refractivity contribution in [1.29, 1.82) is 0 Å². The maximum Gasteiger partial charge on any atom is 0.324 e. The van der Waals surface area contributed by atoms with Crippen molar-refractivity contribution in [1.82, 2.24) is 4.31 Å². The van der Waals surface area contributed by atoms with Crippen molar-refractivity contribution in [3.05, 3.63) is 53.1 Å². The van der Waals surface area contributed by atoms with Crippen molar-refractivity contribution in [2.24, 2.45) is 0 Å². The molecule has 0 N–H and O–H groups in total. The van der Waals surface area contributed by atoms with Crippen molar-refractivity contribution in [3.8, 4) is 11.5 Å². The average molecular weight is 452 g/mol. The van der Waals surface area contributed by atoms with Crippen LogP contribution in [-0.4, -0.2) is 50.5 Å². The van der Waals surface area contributed by atoms with E-state index in [0.717, 1.165) is 4.31 Å². The molecule has 8 nitrogen and oxygen atoms in total. The van der Waals surface area contributed by atoms with Crippen molar-refractivity contribution >= 4 is 33.4 Å². The molecule has 0 spiro atoms. The molecule has 0 aromatic heterocycles. The van der Waals surface area contributed by atoms with Gasteiger partial charge in [-0.3, -0.25) is 9.59 Å². The van der Waals surface area contributed by atoms with Crippen LogP contribution in [0, 0.1) is 0 Å². The minimum Gasteiger partial charge on any atom is -0.456 e. The highest BCUT2D eigenvalue weighted by molar-refractivity contribution is 7.89. The van der Waals surface area contributed by atoms with E-state index in [9.17, 15) is 18.0 Å². The van der Waals surface area contributed by atoms with Gasteiger partial charge >= 0.3 is 5.97 Å². The van der Waals surface area contributed by atoms with Crippen LogP contribution in [0.25, 0.3) is 0 Å². The largest absolute Gasteiger partial charge is 0.456 e. The first-order valence-corrected chi connectivity index (χ1v) is 11.0. The summed E-state index contributed by atoms with van der Waals surface area (Å²) >= 11 is 5.82. The molecule has 2 aliphatic rings. The normalized spacial score (nSPS) is 18.4. The lowest BCUT2D eigenvalue weighted by molar-refractivity contribution is -0.146. The van der Waals surface area contributed by atoms with Gasteiger partial charge in [-0.15, -0.1) is 0 Å². The second-order valence-electron chi connectivity index (χ2n) is 6.83. The number of benzene rings is 2. The van der Waals surface area contributed by atoms with Crippen LogP contribution < -0.4 is 9.47 Å². The fraction of sp³-hybridized carbons (Fsp3) is 0.300. The third-order valence-corrected chi connectivity index (χ3v) is 7.11. The molecular formula is C20H18ClNO7S.